The molecule has 0 aliphatic heterocycles. The monoisotopic (exact) mass is 473 g/mol. The number of rotatable bonds is 8. The summed E-state index contributed by atoms with van der Waals surface area (Å²) in [6.07, 6.45) is 0.490. The average Bonchev–Trinajstić information content (AvgIpc) is 2.75. The lowest BCUT2D eigenvalue weighted by atomic mass is 10.1. The van der Waals surface area contributed by atoms with Crippen LogP contribution in [0.4, 0.5) is 5.69 Å². The van der Waals surface area contributed by atoms with E-state index in [1.165, 1.54) is 36.4 Å². The number of primary sulfonamides is 1. The number of sulfonamides is 2. The van der Waals surface area contributed by atoms with Gasteiger partial charge in [-0.1, -0.05) is 29.8 Å². The van der Waals surface area contributed by atoms with Crippen LogP contribution in [-0.4, -0.2) is 29.3 Å². The maximum atomic E-state index is 12.5. The van der Waals surface area contributed by atoms with E-state index < -0.39 is 20.0 Å². The summed E-state index contributed by atoms with van der Waals surface area (Å²) in [5.41, 5.74) is 2.63. The maximum absolute atomic E-state index is 12.5. The smallest absolute Gasteiger partial charge is 0.261 e. The van der Waals surface area contributed by atoms with Crippen LogP contribution in [0.2, 0.25) is 0 Å². The van der Waals surface area contributed by atoms with Crippen LogP contribution in [0.5, 0.6) is 0 Å². The summed E-state index contributed by atoms with van der Waals surface area (Å²) in [5, 5.41) is 7.81. The molecule has 4 N–H and O–H groups in total. The molecule has 0 bridgehead atoms. The molecule has 0 aromatic heterocycles. The number of nitrogens with two attached hydrogens (primary N) is 1. The van der Waals surface area contributed by atoms with Crippen molar-refractivity contribution in [3.8, 4) is 0 Å². The molecule has 0 aliphatic rings. The minimum Gasteiger partial charge on any atom is -0.352 e. The fraction of sp³-hybridized carbons (Fsp3) is 0.136. The molecule has 0 radical (unpaired) electrons. The van der Waals surface area contributed by atoms with Gasteiger partial charge in [0, 0.05) is 17.8 Å². The fourth-order valence-corrected chi connectivity index (χ4v) is 4.46. The van der Waals surface area contributed by atoms with Gasteiger partial charge in [0.2, 0.25) is 10.0 Å². The van der Waals surface area contributed by atoms with Crippen molar-refractivity contribution in [2.24, 2.45) is 5.14 Å². The Bertz CT molecular complexity index is 1300. The lowest BCUT2D eigenvalue weighted by molar-refractivity contribution is 0.0954. The van der Waals surface area contributed by atoms with Gasteiger partial charge in [-0.2, -0.15) is 0 Å². The van der Waals surface area contributed by atoms with Gasteiger partial charge >= 0.3 is 0 Å². The summed E-state index contributed by atoms with van der Waals surface area (Å²) in [6, 6.07) is 18.7. The largest absolute Gasteiger partial charge is 0.352 e. The molecule has 10 heteroatoms. The molecule has 3 rings (SSSR count). The van der Waals surface area contributed by atoms with E-state index in [1.54, 1.807) is 36.4 Å². The zero-order chi connectivity index (χ0) is 23.4. The van der Waals surface area contributed by atoms with E-state index in [1.807, 2.05) is 6.92 Å². The molecular formula is C22H23N3O5S2. The molecule has 0 heterocycles. The van der Waals surface area contributed by atoms with Crippen molar-refractivity contribution in [3.63, 3.8) is 0 Å². The van der Waals surface area contributed by atoms with Crippen molar-refractivity contribution in [1.29, 1.82) is 0 Å². The third-order valence-electron chi connectivity index (χ3n) is 4.68. The molecular weight excluding hydrogens is 450 g/mol. The molecule has 3 aromatic rings. The molecule has 0 unspecified atom stereocenters. The van der Waals surface area contributed by atoms with E-state index in [2.05, 4.69) is 10.0 Å². The van der Waals surface area contributed by atoms with Crippen LogP contribution in [0, 0.1) is 6.92 Å². The van der Waals surface area contributed by atoms with Crippen LogP contribution < -0.4 is 15.2 Å². The third-order valence-corrected chi connectivity index (χ3v) is 7.01. The van der Waals surface area contributed by atoms with Gasteiger partial charge in [0.05, 0.1) is 9.79 Å². The van der Waals surface area contributed by atoms with Crippen molar-refractivity contribution in [3.05, 3.63) is 89.5 Å². The topological polar surface area (TPSA) is 135 Å². The highest BCUT2D eigenvalue weighted by molar-refractivity contribution is 7.92. The number of carbonyl (C=O) groups is 1. The number of nitrogens with one attached hydrogen (secondary N) is 2. The van der Waals surface area contributed by atoms with Gasteiger partial charge in [0.25, 0.3) is 15.9 Å². The first kappa shape index (κ1) is 23.5. The molecule has 0 saturated heterocycles. The molecule has 0 aliphatic carbocycles. The van der Waals surface area contributed by atoms with Crippen LogP contribution in [0.3, 0.4) is 0 Å². The lowest BCUT2D eigenvalue weighted by Gasteiger charge is -2.10. The van der Waals surface area contributed by atoms with Crippen molar-refractivity contribution in [2.75, 3.05) is 11.3 Å². The predicted molar refractivity (Wildman–Crippen MR) is 122 cm³/mol. The minimum atomic E-state index is -3.77. The highest BCUT2D eigenvalue weighted by atomic mass is 32.2. The molecule has 0 saturated carbocycles. The summed E-state index contributed by atoms with van der Waals surface area (Å²) in [7, 11) is -7.51. The Balaban J connectivity index is 1.57. The number of hydrogen-bond acceptors (Lipinski definition) is 5. The summed E-state index contributed by atoms with van der Waals surface area (Å²) < 4.78 is 50.1. The number of benzene rings is 3. The predicted octanol–water partition coefficient (Wildman–Crippen LogP) is 2.42. The second-order valence-electron chi connectivity index (χ2n) is 7.19. The first-order chi connectivity index (χ1) is 15.0. The second kappa shape index (κ2) is 9.51. The molecule has 0 spiro atoms. The van der Waals surface area contributed by atoms with Crippen LogP contribution in [0.15, 0.2) is 82.6 Å². The standard InChI is InChI=1S/C22H23N3O5S2/c1-16-2-8-19(9-3-16)25-32(29,30)21-12-6-18(7-13-21)22(26)24-15-14-17-4-10-20(11-5-17)31(23,27)28/h2-13,25H,14-15H2,1H3,(H,24,26)(H2,23,27,28). The molecule has 0 fully saturated rings. The Labute approximate surface area is 187 Å². The first-order valence-corrected chi connectivity index (χ1v) is 12.7. The van der Waals surface area contributed by atoms with Crippen molar-refractivity contribution >= 4 is 31.6 Å². The van der Waals surface area contributed by atoms with E-state index >= 15 is 0 Å². The van der Waals surface area contributed by atoms with Crippen molar-refractivity contribution in [1.82, 2.24) is 5.32 Å². The molecule has 1 amide bonds. The van der Waals surface area contributed by atoms with E-state index in [9.17, 15) is 21.6 Å². The SMILES string of the molecule is Cc1ccc(NS(=O)(=O)c2ccc(C(=O)NCCc3ccc(S(N)(=O)=O)cc3)cc2)cc1. The number of aryl methyl sites for hydroxylation is 1. The fourth-order valence-electron chi connectivity index (χ4n) is 2.89. The Kier molecular flexibility index (Phi) is 6.97. The zero-order valence-electron chi connectivity index (χ0n) is 17.3. The Hall–Kier alpha value is -3.21. The zero-order valence-corrected chi connectivity index (χ0v) is 18.9. The van der Waals surface area contributed by atoms with Crippen LogP contribution in [0.1, 0.15) is 21.5 Å². The Morgan fingerprint density at radius 1 is 0.812 bits per heavy atom. The van der Waals surface area contributed by atoms with Gasteiger partial charge in [0.15, 0.2) is 0 Å². The van der Waals surface area contributed by atoms with E-state index in [-0.39, 0.29) is 15.7 Å². The third kappa shape index (κ3) is 6.16. The van der Waals surface area contributed by atoms with Crippen LogP contribution in [0.25, 0.3) is 0 Å². The van der Waals surface area contributed by atoms with Gasteiger partial charge < -0.3 is 5.32 Å². The lowest BCUT2D eigenvalue weighted by Crippen LogP contribution is -2.25. The summed E-state index contributed by atoms with van der Waals surface area (Å²) in [5.74, 6) is -0.346. The number of carbonyl (C=O) groups excluding carboxylic acids is 1. The molecule has 0 atom stereocenters. The minimum absolute atomic E-state index is 0.0252. The maximum Gasteiger partial charge on any atom is 0.261 e. The summed E-state index contributed by atoms with van der Waals surface area (Å²) in [6.45, 7) is 2.23. The van der Waals surface area contributed by atoms with Crippen molar-refractivity contribution < 1.29 is 21.6 Å². The molecule has 168 valence electrons. The van der Waals surface area contributed by atoms with Gasteiger partial charge in [-0.05, 0) is 67.4 Å². The Morgan fingerprint density at radius 3 is 1.94 bits per heavy atom. The summed E-state index contributed by atoms with van der Waals surface area (Å²) in [4.78, 5) is 12.4. The van der Waals surface area contributed by atoms with E-state index in [4.69, 9.17) is 5.14 Å². The highest BCUT2D eigenvalue weighted by Gasteiger charge is 2.15. The van der Waals surface area contributed by atoms with Gasteiger partial charge in [-0.3, -0.25) is 9.52 Å². The van der Waals surface area contributed by atoms with Gasteiger partial charge in [-0.25, -0.2) is 22.0 Å². The van der Waals surface area contributed by atoms with Crippen LogP contribution in [-0.2, 0) is 26.5 Å². The average molecular weight is 474 g/mol. The highest BCUT2D eigenvalue weighted by Crippen LogP contribution is 2.17. The van der Waals surface area contributed by atoms with Crippen LogP contribution >= 0.6 is 0 Å². The quantitative estimate of drug-likeness (QED) is 0.462. The van der Waals surface area contributed by atoms with Gasteiger partial charge in [0.1, 0.15) is 0 Å². The Morgan fingerprint density at radius 2 is 1.38 bits per heavy atom. The first-order valence-electron chi connectivity index (χ1n) is 9.64. The molecule has 3 aromatic carbocycles. The second-order valence-corrected chi connectivity index (χ2v) is 10.4. The van der Waals surface area contributed by atoms with E-state index in [0.29, 0.717) is 24.2 Å². The van der Waals surface area contributed by atoms with Crippen molar-refractivity contribution in [2.45, 2.75) is 23.1 Å². The summed E-state index contributed by atoms with van der Waals surface area (Å²) >= 11 is 0. The normalized spacial score (nSPS) is 11.7. The van der Waals surface area contributed by atoms with E-state index in [0.717, 1.165) is 11.1 Å². The molecule has 32 heavy (non-hydrogen) atoms. The number of anilines is 1. The van der Waals surface area contributed by atoms with Gasteiger partial charge in [-0.15, -0.1) is 0 Å². The number of amides is 1. The molecule has 8 nitrogen and oxygen atoms in total. The number of hydrogen-bond donors (Lipinski definition) is 3.